The first kappa shape index (κ1) is 18.3. The Morgan fingerprint density at radius 2 is 2.04 bits per heavy atom. The Hall–Kier alpha value is -2.08. The van der Waals surface area contributed by atoms with Crippen LogP contribution < -0.4 is 14.8 Å². The first-order valence-electron chi connectivity index (χ1n) is 9.78. The summed E-state index contributed by atoms with van der Waals surface area (Å²) in [7, 11) is 0. The van der Waals surface area contributed by atoms with Gasteiger partial charge in [-0.3, -0.25) is 4.79 Å². The van der Waals surface area contributed by atoms with Gasteiger partial charge >= 0.3 is 0 Å². The molecule has 1 amide bonds. The van der Waals surface area contributed by atoms with Crippen molar-refractivity contribution < 1.29 is 14.3 Å². The number of rotatable bonds is 5. The molecule has 1 fully saturated rings. The van der Waals surface area contributed by atoms with Gasteiger partial charge in [-0.2, -0.15) is 0 Å². The molecule has 1 aliphatic heterocycles. The average molecular weight is 387 g/mol. The monoisotopic (exact) mass is 386 g/mol. The molecule has 27 heavy (non-hydrogen) atoms. The molecule has 0 spiro atoms. The van der Waals surface area contributed by atoms with E-state index in [9.17, 15) is 4.79 Å². The topological polar surface area (TPSA) is 60.5 Å². The average Bonchev–Trinajstić information content (AvgIpc) is 3.37. The summed E-state index contributed by atoms with van der Waals surface area (Å²) in [6.45, 7) is 4.36. The first-order valence-corrected chi connectivity index (χ1v) is 10.7. The molecule has 5 nitrogen and oxygen atoms in total. The summed E-state index contributed by atoms with van der Waals surface area (Å²) >= 11 is 1.66. The van der Waals surface area contributed by atoms with Gasteiger partial charge in [0.2, 0.25) is 12.7 Å². The number of nitrogens with zero attached hydrogens (tertiary/aromatic N) is 1. The van der Waals surface area contributed by atoms with Crippen LogP contribution in [0.4, 0.5) is 0 Å². The van der Waals surface area contributed by atoms with E-state index in [1.165, 1.54) is 6.42 Å². The number of fused-ring (bicyclic) bond motifs is 1. The zero-order valence-electron chi connectivity index (χ0n) is 15.9. The number of amides is 1. The van der Waals surface area contributed by atoms with Crippen LogP contribution in [0, 0.1) is 0 Å². The Kier molecular flexibility index (Phi) is 5.08. The quantitative estimate of drug-likeness (QED) is 0.821. The van der Waals surface area contributed by atoms with Crippen molar-refractivity contribution in [3.63, 3.8) is 0 Å². The lowest BCUT2D eigenvalue weighted by atomic mass is 9.68. The fraction of sp³-hybridized carbons (Fsp3) is 0.524. The van der Waals surface area contributed by atoms with Crippen molar-refractivity contribution in [3.05, 3.63) is 39.8 Å². The molecule has 1 saturated carbocycles. The van der Waals surface area contributed by atoms with Crippen molar-refractivity contribution in [3.8, 4) is 11.5 Å². The Balaban J connectivity index is 1.60. The summed E-state index contributed by atoms with van der Waals surface area (Å²) in [6, 6.07) is 5.86. The molecule has 2 aromatic rings. The summed E-state index contributed by atoms with van der Waals surface area (Å²) in [6.07, 6.45) is 5.96. The lowest BCUT2D eigenvalue weighted by Crippen LogP contribution is -2.46. The fourth-order valence-electron chi connectivity index (χ4n) is 4.09. The van der Waals surface area contributed by atoms with E-state index in [0.29, 0.717) is 0 Å². The molecule has 4 rings (SSSR count). The summed E-state index contributed by atoms with van der Waals surface area (Å²) < 4.78 is 11.0. The van der Waals surface area contributed by atoms with E-state index in [-0.39, 0.29) is 18.7 Å². The zero-order valence-corrected chi connectivity index (χ0v) is 16.7. The van der Waals surface area contributed by atoms with Gasteiger partial charge in [-0.05, 0) is 43.9 Å². The van der Waals surface area contributed by atoms with Gasteiger partial charge in [-0.1, -0.05) is 32.3 Å². The Morgan fingerprint density at radius 3 is 2.78 bits per heavy atom. The number of thiazole rings is 1. The molecule has 1 aromatic heterocycles. The molecule has 2 aliphatic rings. The zero-order chi connectivity index (χ0) is 18.9. The van der Waals surface area contributed by atoms with Crippen LogP contribution >= 0.6 is 11.3 Å². The largest absolute Gasteiger partial charge is 0.454 e. The third kappa shape index (κ3) is 3.43. The number of benzene rings is 1. The number of ether oxygens (including phenoxy) is 2. The Bertz CT molecular complexity index is 827. The molecule has 2 heterocycles. The molecule has 0 bridgehead atoms. The van der Waals surface area contributed by atoms with Crippen LogP contribution in [-0.4, -0.2) is 17.7 Å². The van der Waals surface area contributed by atoms with Crippen molar-refractivity contribution in [1.29, 1.82) is 0 Å². The van der Waals surface area contributed by atoms with Crippen LogP contribution in [-0.2, 0) is 16.6 Å². The summed E-state index contributed by atoms with van der Waals surface area (Å²) in [5, 5.41) is 6.40. The van der Waals surface area contributed by atoms with E-state index >= 15 is 0 Å². The van der Waals surface area contributed by atoms with Gasteiger partial charge in [0.1, 0.15) is 0 Å². The van der Waals surface area contributed by atoms with Crippen LogP contribution in [0.25, 0.3) is 0 Å². The third-order valence-corrected chi connectivity index (χ3v) is 6.74. The van der Waals surface area contributed by atoms with Crippen molar-refractivity contribution in [1.82, 2.24) is 10.3 Å². The van der Waals surface area contributed by atoms with Gasteiger partial charge in [-0.25, -0.2) is 4.98 Å². The van der Waals surface area contributed by atoms with Crippen molar-refractivity contribution >= 4 is 17.2 Å². The molecular weight excluding hydrogens is 360 g/mol. The van der Waals surface area contributed by atoms with Crippen molar-refractivity contribution in [2.24, 2.45) is 0 Å². The summed E-state index contributed by atoms with van der Waals surface area (Å²) in [5.41, 5.74) is 1.47. The van der Waals surface area contributed by atoms with Gasteiger partial charge in [0.05, 0.1) is 22.2 Å². The molecule has 6 heteroatoms. The van der Waals surface area contributed by atoms with E-state index < -0.39 is 5.41 Å². The maximum Gasteiger partial charge on any atom is 0.231 e. The maximum atomic E-state index is 13.5. The van der Waals surface area contributed by atoms with Crippen molar-refractivity contribution in [2.45, 2.75) is 63.8 Å². The second-order valence-electron chi connectivity index (χ2n) is 7.43. The normalized spacial score (nSPS) is 18.9. The van der Waals surface area contributed by atoms with E-state index in [1.807, 2.05) is 25.1 Å². The lowest BCUT2D eigenvalue weighted by Gasteiger charge is -2.37. The smallest absolute Gasteiger partial charge is 0.231 e. The second-order valence-corrected chi connectivity index (χ2v) is 8.37. The molecule has 1 N–H and O–H groups in total. The predicted octanol–water partition coefficient (Wildman–Crippen LogP) is 4.51. The van der Waals surface area contributed by atoms with Crippen LogP contribution in [0.3, 0.4) is 0 Å². The fourth-order valence-corrected chi connectivity index (χ4v) is 4.93. The highest BCUT2D eigenvalue weighted by molar-refractivity contribution is 7.09. The number of carbonyl (C=O) groups is 1. The van der Waals surface area contributed by atoms with Gasteiger partial charge in [0, 0.05) is 5.38 Å². The highest BCUT2D eigenvalue weighted by Crippen LogP contribution is 2.44. The van der Waals surface area contributed by atoms with Crippen LogP contribution in [0.15, 0.2) is 23.6 Å². The standard InChI is InChI=1S/C21H26N2O3S/c1-3-19-23-16(12-27-19)14(2)22-20(24)21(9-5-4-6-10-21)15-7-8-17-18(11-15)26-13-25-17/h7-8,11-12,14H,3-6,9-10,13H2,1-2H3,(H,22,24). The summed E-state index contributed by atoms with van der Waals surface area (Å²) in [4.78, 5) is 18.1. The second kappa shape index (κ2) is 7.50. The number of carbonyl (C=O) groups excluding carboxylic acids is 1. The van der Waals surface area contributed by atoms with Crippen molar-refractivity contribution in [2.75, 3.05) is 6.79 Å². The van der Waals surface area contributed by atoms with Gasteiger partial charge in [-0.15, -0.1) is 11.3 Å². The molecule has 1 unspecified atom stereocenters. The predicted molar refractivity (Wildman–Crippen MR) is 105 cm³/mol. The third-order valence-electron chi connectivity index (χ3n) is 5.73. The highest BCUT2D eigenvalue weighted by Gasteiger charge is 2.42. The Labute approximate surface area is 164 Å². The molecule has 0 saturated heterocycles. The summed E-state index contributed by atoms with van der Waals surface area (Å²) in [5.74, 6) is 1.60. The molecule has 1 atom stereocenters. The maximum absolute atomic E-state index is 13.5. The highest BCUT2D eigenvalue weighted by atomic mass is 32.1. The number of hydrogen-bond donors (Lipinski definition) is 1. The van der Waals surface area contributed by atoms with Gasteiger partial charge < -0.3 is 14.8 Å². The molecule has 1 aliphatic carbocycles. The van der Waals surface area contributed by atoms with Gasteiger partial charge in [0.25, 0.3) is 0 Å². The number of nitrogens with one attached hydrogen (secondary N) is 1. The van der Waals surface area contributed by atoms with E-state index in [4.69, 9.17) is 9.47 Å². The van der Waals surface area contributed by atoms with Crippen LogP contribution in [0.1, 0.15) is 68.3 Å². The number of aryl methyl sites for hydroxylation is 1. The lowest BCUT2D eigenvalue weighted by molar-refractivity contribution is -0.128. The molecular formula is C21H26N2O3S. The minimum Gasteiger partial charge on any atom is -0.454 e. The first-order chi connectivity index (χ1) is 13.1. The molecule has 144 valence electrons. The molecule has 1 aromatic carbocycles. The van der Waals surface area contributed by atoms with Crippen LogP contribution in [0.2, 0.25) is 0 Å². The molecule has 0 radical (unpaired) electrons. The SMILES string of the molecule is CCc1nc(C(C)NC(=O)C2(c3ccc4c(c3)OCO4)CCCCC2)cs1. The Morgan fingerprint density at radius 1 is 1.26 bits per heavy atom. The van der Waals surface area contributed by atoms with Gasteiger partial charge in [0.15, 0.2) is 11.5 Å². The number of hydrogen-bond acceptors (Lipinski definition) is 5. The van der Waals surface area contributed by atoms with E-state index in [2.05, 4.69) is 22.6 Å². The minimum absolute atomic E-state index is 0.0955. The van der Waals surface area contributed by atoms with Crippen LogP contribution in [0.5, 0.6) is 11.5 Å². The number of aromatic nitrogens is 1. The van der Waals surface area contributed by atoms with E-state index in [0.717, 1.165) is 59.9 Å². The van der Waals surface area contributed by atoms with E-state index in [1.54, 1.807) is 11.3 Å². The minimum atomic E-state index is -0.503.